The van der Waals surface area contributed by atoms with E-state index in [-0.39, 0.29) is 5.57 Å². The Labute approximate surface area is 153 Å². The van der Waals surface area contributed by atoms with E-state index in [9.17, 15) is 10.1 Å². The summed E-state index contributed by atoms with van der Waals surface area (Å²) in [6, 6.07) is 13.1. The number of aryl methyl sites for hydroxylation is 2. The Morgan fingerprint density at radius 3 is 2.31 bits per heavy atom. The number of amides is 1. The molecule has 0 aliphatic carbocycles. The average molecular weight is 350 g/mol. The van der Waals surface area contributed by atoms with Gasteiger partial charge < -0.3 is 14.8 Å². The highest BCUT2D eigenvalue weighted by atomic mass is 16.5. The topological polar surface area (TPSA) is 71.4 Å². The maximum absolute atomic E-state index is 12.4. The zero-order valence-electron chi connectivity index (χ0n) is 15.4. The molecule has 26 heavy (non-hydrogen) atoms. The van der Waals surface area contributed by atoms with Gasteiger partial charge >= 0.3 is 0 Å². The number of rotatable bonds is 6. The van der Waals surface area contributed by atoms with Gasteiger partial charge in [0.25, 0.3) is 5.91 Å². The molecule has 0 unspecified atom stereocenters. The summed E-state index contributed by atoms with van der Waals surface area (Å²) in [5.74, 6) is 0.684. The van der Waals surface area contributed by atoms with Crippen molar-refractivity contribution in [3.63, 3.8) is 0 Å². The van der Waals surface area contributed by atoms with Crippen molar-refractivity contribution >= 4 is 17.7 Å². The number of nitrogens with one attached hydrogen (secondary N) is 1. The van der Waals surface area contributed by atoms with Gasteiger partial charge in [-0.2, -0.15) is 5.26 Å². The third-order valence-corrected chi connectivity index (χ3v) is 4.06. The molecular formula is C21H22N2O3. The van der Waals surface area contributed by atoms with E-state index in [1.54, 1.807) is 32.4 Å². The highest BCUT2D eigenvalue weighted by molar-refractivity contribution is 6.09. The van der Waals surface area contributed by atoms with Gasteiger partial charge in [-0.1, -0.05) is 19.1 Å². The minimum Gasteiger partial charge on any atom is -0.493 e. The van der Waals surface area contributed by atoms with Crippen molar-refractivity contribution in [2.24, 2.45) is 0 Å². The summed E-state index contributed by atoms with van der Waals surface area (Å²) in [4.78, 5) is 12.4. The number of carbonyl (C=O) groups is 1. The number of hydrogen-bond donors (Lipinski definition) is 1. The van der Waals surface area contributed by atoms with E-state index in [4.69, 9.17) is 9.47 Å². The van der Waals surface area contributed by atoms with Gasteiger partial charge in [-0.15, -0.1) is 0 Å². The zero-order valence-corrected chi connectivity index (χ0v) is 15.4. The summed E-state index contributed by atoms with van der Waals surface area (Å²) in [5, 5.41) is 12.2. The molecule has 1 N–H and O–H groups in total. The van der Waals surface area contributed by atoms with E-state index in [1.165, 1.54) is 5.56 Å². The molecule has 0 atom stereocenters. The maximum atomic E-state index is 12.4. The van der Waals surface area contributed by atoms with Crippen LogP contribution in [-0.4, -0.2) is 20.1 Å². The Kier molecular flexibility index (Phi) is 6.40. The summed E-state index contributed by atoms with van der Waals surface area (Å²) in [7, 11) is 3.10. The molecule has 0 aliphatic heterocycles. The van der Waals surface area contributed by atoms with E-state index in [1.807, 2.05) is 37.3 Å². The Bertz CT molecular complexity index is 862. The fraction of sp³-hybridized carbons (Fsp3) is 0.238. The van der Waals surface area contributed by atoms with Gasteiger partial charge in [0.1, 0.15) is 11.6 Å². The van der Waals surface area contributed by atoms with Gasteiger partial charge in [-0.05, 0) is 60.4 Å². The van der Waals surface area contributed by atoms with Crippen molar-refractivity contribution < 1.29 is 14.3 Å². The smallest absolute Gasteiger partial charge is 0.266 e. The Morgan fingerprint density at radius 2 is 1.77 bits per heavy atom. The SMILES string of the molecule is CCc1ccc(NC(=O)/C(C#N)=C\c2cc(OC)c(OC)cc2C)cc1. The van der Waals surface area contributed by atoms with Crippen molar-refractivity contribution in [1.29, 1.82) is 5.26 Å². The van der Waals surface area contributed by atoms with Crippen LogP contribution in [0.15, 0.2) is 42.0 Å². The second-order valence-corrected chi connectivity index (χ2v) is 5.74. The normalized spacial score (nSPS) is 10.8. The van der Waals surface area contributed by atoms with Crippen LogP contribution in [0.1, 0.15) is 23.6 Å². The molecule has 0 saturated heterocycles. The van der Waals surface area contributed by atoms with Crippen molar-refractivity contribution in [3.8, 4) is 17.6 Å². The van der Waals surface area contributed by atoms with Crippen LogP contribution in [0.5, 0.6) is 11.5 Å². The third kappa shape index (κ3) is 4.42. The number of benzene rings is 2. The first-order valence-corrected chi connectivity index (χ1v) is 8.27. The maximum Gasteiger partial charge on any atom is 0.266 e. The van der Waals surface area contributed by atoms with Gasteiger partial charge in [0.05, 0.1) is 14.2 Å². The van der Waals surface area contributed by atoms with Crippen molar-refractivity contribution in [1.82, 2.24) is 0 Å². The van der Waals surface area contributed by atoms with Crippen LogP contribution in [0.2, 0.25) is 0 Å². The van der Waals surface area contributed by atoms with Gasteiger partial charge in [-0.3, -0.25) is 4.79 Å². The lowest BCUT2D eigenvalue weighted by Crippen LogP contribution is -2.13. The second kappa shape index (κ2) is 8.72. The number of anilines is 1. The molecule has 1 amide bonds. The molecule has 0 heterocycles. The first kappa shape index (κ1) is 19.1. The lowest BCUT2D eigenvalue weighted by atomic mass is 10.0. The Hall–Kier alpha value is -3.26. The molecule has 2 aromatic carbocycles. The molecule has 0 bridgehead atoms. The monoisotopic (exact) mass is 350 g/mol. The lowest BCUT2D eigenvalue weighted by Gasteiger charge is -2.11. The van der Waals surface area contributed by atoms with Crippen LogP contribution in [-0.2, 0) is 11.2 Å². The predicted octanol–water partition coefficient (Wildman–Crippen LogP) is 4.12. The fourth-order valence-electron chi connectivity index (χ4n) is 2.48. The molecule has 0 spiro atoms. The molecule has 0 aliphatic rings. The zero-order chi connectivity index (χ0) is 19.1. The number of ether oxygens (including phenoxy) is 2. The summed E-state index contributed by atoms with van der Waals surface area (Å²) in [6.07, 6.45) is 2.48. The standard InChI is InChI=1S/C21H22N2O3/c1-5-15-6-8-18(9-7-15)23-21(24)17(13-22)11-16-12-20(26-4)19(25-3)10-14(16)2/h6-12H,5H2,1-4H3,(H,23,24)/b17-11-. The van der Waals surface area contributed by atoms with Gasteiger partial charge in [0, 0.05) is 5.69 Å². The average Bonchev–Trinajstić information content (AvgIpc) is 2.67. The number of methoxy groups -OCH3 is 2. The molecule has 5 heteroatoms. The predicted molar refractivity (Wildman–Crippen MR) is 102 cm³/mol. The molecule has 0 saturated carbocycles. The minimum absolute atomic E-state index is 0.0138. The number of hydrogen-bond acceptors (Lipinski definition) is 4. The summed E-state index contributed by atoms with van der Waals surface area (Å²) >= 11 is 0. The van der Waals surface area contributed by atoms with E-state index in [0.29, 0.717) is 17.2 Å². The number of nitrogens with zero attached hydrogens (tertiary/aromatic N) is 1. The second-order valence-electron chi connectivity index (χ2n) is 5.74. The summed E-state index contributed by atoms with van der Waals surface area (Å²) in [5.41, 5.74) is 3.43. The van der Waals surface area contributed by atoms with E-state index < -0.39 is 5.91 Å². The van der Waals surface area contributed by atoms with Crippen molar-refractivity contribution in [2.75, 3.05) is 19.5 Å². The van der Waals surface area contributed by atoms with Gasteiger partial charge in [-0.25, -0.2) is 0 Å². The number of nitriles is 1. The lowest BCUT2D eigenvalue weighted by molar-refractivity contribution is -0.112. The molecule has 134 valence electrons. The molecule has 5 nitrogen and oxygen atoms in total. The molecule has 0 aromatic heterocycles. The quantitative estimate of drug-likeness (QED) is 0.628. The van der Waals surface area contributed by atoms with Gasteiger partial charge in [0.2, 0.25) is 0 Å². The van der Waals surface area contributed by atoms with Crippen molar-refractivity contribution in [3.05, 3.63) is 58.7 Å². The summed E-state index contributed by atoms with van der Waals surface area (Å²) < 4.78 is 10.5. The van der Waals surface area contributed by atoms with E-state index >= 15 is 0 Å². The van der Waals surface area contributed by atoms with Crippen LogP contribution in [0, 0.1) is 18.3 Å². The number of carbonyl (C=O) groups excluding carboxylic acids is 1. The molecular weight excluding hydrogens is 328 g/mol. The minimum atomic E-state index is -0.453. The Morgan fingerprint density at radius 1 is 1.15 bits per heavy atom. The van der Waals surface area contributed by atoms with Crippen LogP contribution < -0.4 is 14.8 Å². The van der Waals surface area contributed by atoms with Crippen LogP contribution >= 0.6 is 0 Å². The first-order chi connectivity index (χ1) is 12.5. The highest BCUT2D eigenvalue weighted by Crippen LogP contribution is 2.31. The first-order valence-electron chi connectivity index (χ1n) is 8.27. The van der Waals surface area contributed by atoms with E-state index in [0.717, 1.165) is 17.5 Å². The highest BCUT2D eigenvalue weighted by Gasteiger charge is 2.12. The van der Waals surface area contributed by atoms with E-state index in [2.05, 4.69) is 12.2 Å². The molecule has 2 rings (SSSR count). The van der Waals surface area contributed by atoms with Crippen LogP contribution in [0.4, 0.5) is 5.69 Å². The molecule has 2 aromatic rings. The Balaban J connectivity index is 2.29. The largest absolute Gasteiger partial charge is 0.493 e. The molecule has 0 fully saturated rings. The summed E-state index contributed by atoms with van der Waals surface area (Å²) in [6.45, 7) is 3.94. The molecule has 0 radical (unpaired) electrons. The van der Waals surface area contributed by atoms with Crippen LogP contribution in [0.3, 0.4) is 0 Å². The van der Waals surface area contributed by atoms with Crippen molar-refractivity contribution in [2.45, 2.75) is 20.3 Å². The third-order valence-electron chi connectivity index (χ3n) is 4.06. The van der Waals surface area contributed by atoms with Gasteiger partial charge in [0.15, 0.2) is 11.5 Å². The fourth-order valence-corrected chi connectivity index (χ4v) is 2.48. The van der Waals surface area contributed by atoms with Crippen LogP contribution in [0.25, 0.3) is 6.08 Å².